The monoisotopic (exact) mass is 392 g/mol. The van der Waals surface area contributed by atoms with E-state index in [2.05, 4.69) is 21.2 Å². The Hall–Kier alpha value is -0.940. The van der Waals surface area contributed by atoms with Crippen molar-refractivity contribution in [1.82, 2.24) is 0 Å². The second-order valence-electron chi connectivity index (χ2n) is 3.91. The molecule has 2 rings (SSSR count). The van der Waals surface area contributed by atoms with Crippen LogP contribution in [0, 0.1) is 0 Å². The Morgan fingerprint density at radius 3 is 2.30 bits per heavy atom. The molecule has 0 spiro atoms. The molecule has 0 aliphatic rings. The molecule has 7 heteroatoms. The molecule has 0 radical (unpaired) electrons. The van der Waals surface area contributed by atoms with Gasteiger partial charge in [0.05, 0.1) is 30.9 Å². The summed E-state index contributed by atoms with van der Waals surface area (Å²) in [4.78, 5) is 12.2. The van der Waals surface area contributed by atoms with Crippen LogP contribution in [0.5, 0.6) is 0 Å². The molecule has 0 atom stereocenters. The highest BCUT2D eigenvalue weighted by molar-refractivity contribution is 9.10. The second-order valence-corrected chi connectivity index (χ2v) is 5.92. The SMILES string of the molecule is Nc1c(Cl)cc(C(=O)Nc2cccc(Cl)c2Br)cc1Cl. The molecule has 0 aromatic heterocycles. The van der Waals surface area contributed by atoms with Crippen LogP contribution in [0.25, 0.3) is 0 Å². The summed E-state index contributed by atoms with van der Waals surface area (Å²) in [7, 11) is 0. The molecule has 3 nitrogen and oxygen atoms in total. The zero-order chi connectivity index (χ0) is 14.9. The quantitative estimate of drug-likeness (QED) is 0.684. The molecule has 0 aliphatic carbocycles. The van der Waals surface area contributed by atoms with Gasteiger partial charge >= 0.3 is 0 Å². The zero-order valence-electron chi connectivity index (χ0n) is 9.88. The van der Waals surface area contributed by atoms with Crippen molar-refractivity contribution in [1.29, 1.82) is 0 Å². The van der Waals surface area contributed by atoms with Crippen LogP contribution in [0.1, 0.15) is 10.4 Å². The van der Waals surface area contributed by atoms with E-state index in [1.165, 1.54) is 12.1 Å². The number of carbonyl (C=O) groups excluding carboxylic acids is 1. The van der Waals surface area contributed by atoms with Crippen molar-refractivity contribution in [3.63, 3.8) is 0 Å². The van der Waals surface area contributed by atoms with E-state index in [9.17, 15) is 4.79 Å². The minimum absolute atomic E-state index is 0.229. The molecule has 3 N–H and O–H groups in total. The van der Waals surface area contributed by atoms with Gasteiger partial charge in [0.1, 0.15) is 0 Å². The van der Waals surface area contributed by atoms with Crippen LogP contribution in [0.15, 0.2) is 34.8 Å². The number of hydrogen-bond acceptors (Lipinski definition) is 2. The first-order valence-corrected chi connectivity index (χ1v) is 7.32. The Bertz CT molecular complexity index is 668. The predicted octanol–water partition coefficient (Wildman–Crippen LogP) is 5.24. The molecule has 1 amide bonds. The lowest BCUT2D eigenvalue weighted by molar-refractivity contribution is 0.102. The van der Waals surface area contributed by atoms with Crippen molar-refractivity contribution in [2.75, 3.05) is 11.1 Å². The van der Waals surface area contributed by atoms with Gasteiger partial charge in [-0.05, 0) is 40.2 Å². The van der Waals surface area contributed by atoms with Gasteiger partial charge in [-0.2, -0.15) is 0 Å². The van der Waals surface area contributed by atoms with Crippen LogP contribution in [-0.4, -0.2) is 5.91 Å². The third-order valence-electron chi connectivity index (χ3n) is 2.54. The van der Waals surface area contributed by atoms with Gasteiger partial charge in [-0.1, -0.05) is 40.9 Å². The van der Waals surface area contributed by atoms with Gasteiger partial charge in [0.2, 0.25) is 0 Å². The van der Waals surface area contributed by atoms with Gasteiger partial charge in [0, 0.05) is 5.56 Å². The molecular weight excluding hydrogens is 386 g/mol. The van der Waals surface area contributed by atoms with E-state index in [0.717, 1.165) is 0 Å². The number of rotatable bonds is 2. The topological polar surface area (TPSA) is 55.1 Å². The highest BCUT2D eigenvalue weighted by Gasteiger charge is 2.13. The molecule has 20 heavy (non-hydrogen) atoms. The number of halogens is 4. The molecule has 104 valence electrons. The van der Waals surface area contributed by atoms with Crippen molar-refractivity contribution >= 4 is 68.0 Å². The fourth-order valence-electron chi connectivity index (χ4n) is 1.51. The van der Waals surface area contributed by atoms with Crippen molar-refractivity contribution in [2.45, 2.75) is 0 Å². The molecular formula is C13H8BrCl3N2O. The lowest BCUT2D eigenvalue weighted by atomic mass is 10.2. The maximum absolute atomic E-state index is 12.2. The first kappa shape index (κ1) is 15.4. The summed E-state index contributed by atoms with van der Waals surface area (Å²) in [5.74, 6) is -0.364. The Morgan fingerprint density at radius 1 is 1.10 bits per heavy atom. The van der Waals surface area contributed by atoms with Crippen LogP contribution < -0.4 is 11.1 Å². The van der Waals surface area contributed by atoms with E-state index in [4.69, 9.17) is 40.5 Å². The first-order valence-electron chi connectivity index (χ1n) is 5.40. The lowest BCUT2D eigenvalue weighted by Crippen LogP contribution is -2.12. The Morgan fingerprint density at radius 2 is 1.70 bits per heavy atom. The molecule has 0 aliphatic heterocycles. The van der Waals surface area contributed by atoms with E-state index in [1.54, 1.807) is 18.2 Å². The van der Waals surface area contributed by atoms with E-state index >= 15 is 0 Å². The summed E-state index contributed by atoms with van der Waals surface area (Å²) in [6.45, 7) is 0. The zero-order valence-corrected chi connectivity index (χ0v) is 13.7. The highest BCUT2D eigenvalue weighted by atomic mass is 79.9. The molecule has 2 aromatic rings. The summed E-state index contributed by atoms with van der Waals surface area (Å²) >= 11 is 21.1. The lowest BCUT2D eigenvalue weighted by Gasteiger charge is -2.10. The molecule has 0 fully saturated rings. The molecule has 2 aromatic carbocycles. The van der Waals surface area contributed by atoms with Gasteiger partial charge in [-0.25, -0.2) is 0 Å². The molecule has 0 saturated heterocycles. The second kappa shape index (κ2) is 6.22. The van der Waals surface area contributed by atoms with Gasteiger partial charge in [-0.3, -0.25) is 4.79 Å². The number of hydrogen-bond donors (Lipinski definition) is 2. The van der Waals surface area contributed by atoms with Crippen LogP contribution in [-0.2, 0) is 0 Å². The van der Waals surface area contributed by atoms with Gasteiger partial charge in [0.25, 0.3) is 5.91 Å². The maximum Gasteiger partial charge on any atom is 0.255 e. The number of nitrogens with one attached hydrogen (secondary N) is 1. The summed E-state index contributed by atoms with van der Waals surface area (Å²) in [5, 5.41) is 3.67. The standard InChI is InChI=1S/C13H8BrCl3N2O/c14-11-7(15)2-1-3-10(11)19-13(20)6-4-8(16)12(18)9(17)5-6/h1-5H,18H2,(H,19,20). The number of carbonyl (C=O) groups is 1. The number of nitrogen functional groups attached to an aromatic ring is 1. The van der Waals surface area contributed by atoms with Crippen molar-refractivity contribution in [3.05, 3.63) is 55.4 Å². The first-order chi connectivity index (χ1) is 9.40. The molecule has 0 bridgehead atoms. The van der Waals surface area contributed by atoms with E-state index in [-0.39, 0.29) is 21.6 Å². The Labute approximate surface area is 139 Å². The number of nitrogens with two attached hydrogens (primary N) is 1. The van der Waals surface area contributed by atoms with Gasteiger partial charge in [-0.15, -0.1) is 0 Å². The maximum atomic E-state index is 12.2. The highest BCUT2D eigenvalue weighted by Crippen LogP contribution is 2.32. The van der Waals surface area contributed by atoms with Gasteiger partial charge < -0.3 is 11.1 Å². The van der Waals surface area contributed by atoms with Crippen molar-refractivity contribution in [2.24, 2.45) is 0 Å². The summed E-state index contributed by atoms with van der Waals surface area (Å²) in [6.07, 6.45) is 0. The molecule has 0 saturated carbocycles. The van der Waals surface area contributed by atoms with Gasteiger partial charge in [0.15, 0.2) is 0 Å². The van der Waals surface area contributed by atoms with E-state index in [0.29, 0.717) is 20.7 Å². The summed E-state index contributed by atoms with van der Waals surface area (Å²) in [5.41, 5.74) is 6.73. The van der Waals surface area contributed by atoms with Crippen LogP contribution in [0.4, 0.5) is 11.4 Å². The number of amides is 1. The average Bonchev–Trinajstić information content (AvgIpc) is 2.40. The van der Waals surface area contributed by atoms with E-state index in [1.807, 2.05) is 0 Å². The van der Waals surface area contributed by atoms with Crippen molar-refractivity contribution < 1.29 is 4.79 Å². The largest absolute Gasteiger partial charge is 0.396 e. The Balaban J connectivity index is 2.31. The van der Waals surface area contributed by atoms with Crippen LogP contribution in [0.2, 0.25) is 15.1 Å². The fourth-order valence-corrected chi connectivity index (χ4v) is 2.54. The predicted molar refractivity (Wildman–Crippen MR) is 88.0 cm³/mol. The minimum atomic E-state index is -0.364. The molecule has 0 heterocycles. The normalized spacial score (nSPS) is 10.4. The van der Waals surface area contributed by atoms with Crippen LogP contribution >= 0.6 is 50.7 Å². The van der Waals surface area contributed by atoms with E-state index < -0.39 is 0 Å². The third-order valence-corrected chi connectivity index (χ3v) is 4.56. The van der Waals surface area contributed by atoms with Crippen LogP contribution in [0.3, 0.4) is 0 Å². The Kier molecular flexibility index (Phi) is 4.81. The number of benzene rings is 2. The fraction of sp³-hybridized carbons (Fsp3) is 0. The summed E-state index contributed by atoms with van der Waals surface area (Å²) < 4.78 is 0.600. The molecule has 0 unspecified atom stereocenters. The third kappa shape index (κ3) is 3.20. The smallest absolute Gasteiger partial charge is 0.255 e. The minimum Gasteiger partial charge on any atom is -0.396 e. The average molecular weight is 394 g/mol. The summed E-state index contributed by atoms with van der Waals surface area (Å²) in [6, 6.07) is 8.06. The van der Waals surface area contributed by atoms with Crippen molar-refractivity contribution in [3.8, 4) is 0 Å². The number of anilines is 2.